The molecule has 3 heteroatoms. The van der Waals surface area contributed by atoms with Crippen LogP contribution in [0.5, 0.6) is 0 Å². The van der Waals surface area contributed by atoms with Crippen molar-refractivity contribution < 1.29 is 5.11 Å². The summed E-state index contributed by atoms with van der Waals surface area (Å²) in [6.07, 6.45) is 1.08. The predicted molar refractivity (Wildman–Crippen MR) is 44.1 cm³/mol. The van der Waals surface area contributed by atoms with E-state index < -0.39 is 0 Å². The summed E-state index contributed by atoms with van der Waals surface area (Å²) < 4.78 is -0.0694. The fourth-order valence-electron chi connectivity index (χ4n) is 0.511. The minimum Gasteiger partial charge on any atom is -0.400 e. The van der Waals surface area contributed by atoms with Crippen LogP contribution >= 0.6 is 27.5 Å². The van der Waals surface area contributed by atoms with E-state index in [0.717, 1.165) is 13.5 Å². The van der Waals surface area contributed by atoms with Crippen LogP contribution in [0.2, 0.25) is 0 Å². The van der Waals surface area contributed by atoms with Gasteiger partial charge in [-0.05, 0) is 11.8 Å². The maximum atomic E-state index is 7.00. The van der Waals surface area contributed by atoms with E-state index in [4.69, 9.17) is 16.7 Å². The fraction of sp³-hybridized carbons (Fsp3) is 1.00. The molecule has 0 aliphatic heterocycles. The lowest BCUT2D eigenvalue weighted by molar-refractivity contribution is 0.399. The van der Waals surface area contributed by atoms with Gasteiger partial charge in [0.15, 0.2) is 0 Å². The minimum absolute atomic E-state index is 0.0694. The lowest BCUT2D eigenvalue weighted by Gasteiger charge is -1.99. The number of hydrogen-bond acceptors (Lipinski definition) is 1. The third-order valence-corrected chi connectivity index (χ3v) is 3.53. The first-order valence-corrected chi connectivity index (χ1v) is 3.95. The van der Waals surface area contributed by atoms with Gasteiger partial charge < -0.3 is 5.11 Å². The standard InChI is InChI=1S/C5H8BrCl.CH4O/c1-4(2)3-5(4,6)7;1-2/h3H2,1-2H3;2H,1H3. The number of aliphatic hydroxyl groups is 1. The Bertz CT molecular complexity index is 89.2. The highest BCUT2D eigenvalue weighted by atomic mass is 79.9. The second-order valence-corrected chi connectivity index (χ2v) is 5.22. The Morgan fingerprint density at radius 1 is 1.44 bits per heavy atom. The molecule has 1 atom stereocenters. The Balaban J connectivity index is 0.000000291. The Morgan fingerprint density at radius 3 is 1.56 bits per heavy atom. The van der Waals surface area contributed by atoms with Crippen molar-refractivity contribution in [1.29, 1.82) is 0 Å². The molecule has 0 heterocycles. The molecule has 1 rings (SSSR count). The van der Waals surface area contributed by atoms with Gasteiger partial charge in [-0.1, -0.05) is 29.8 Å². The van der Waals surface area contributed by atoms with Gasteiger partial charge in [0, 0.05) is 7.11 Å². The molecule has 0 amide bonds. The third kappa shape index (κ3) is 2.10. The molecule has 0 aromatic heterocycles. The molecule has 1 nitrogen and oxygen atoms in total. The zero-order chi connectivity index (χ0) is 7.71. The molecule has 1 N–H and O–H groups in total. The number of halogens is 2. The van der Waals surface area contributed by atoms with Crippen LogP contribution in [-0.4, -0.2) is 16.0 Å². The average Bonchev–Trinajstić information content (AvgIpc) is 2.10. The first-order chi connectivity index (χ1) is 3.96. The van der Waals surface area contributed by atoms with E-state index in [9.17, 15) is 0 Å². The highest BCUT2D eigenvalue weighted by Crippen LogP contribution is 2.64. The molecule has 0 radical (unpaired) electrons. The highest BCUT2D eigenvalue weighted by Gasteiger charge is 2.58. The number of rotatable bonds is 0. The van der Waals surface area contributed by atoms with Gasteiger partial charge in [0.2, 0.25) is 0 Å². The van der Waals surface area contributed by atoms with Crippen LogP contribution in [0.4, 0.5) is 0 Å². The largest absolute Gasteiger partial charge is 0.400 e. The highest BCUT2D eigenvalue weighted by molar-refractivity contribution is 9.10. The van der Waals surface area contributed by atoms with Crippen molar-refractivity contribution in [3.05, 3.63) is 0 Å². The Kier molecular flexibility index (Phi) is 2.99. The molecule has 1 unspecified atom stereocenters. The first kappa shape index (κ1) is 9.73. The lowest BCUT2D eigenvalue weighted by Crippen LogP contribution is -1.95. The van der Waals surface area contributed by atoms with Crippen LogP contribution in [0.15, 0.2) is 0 Å². The second kappa shape index (κ2) is 2.77. The van der Waals surface area contributed by atoms with Gasteiger partial charge in [0.1, 0.15) is 3.78 Å². The van der Waals surface area contributed by atoms with Gasteiger partial charge in [0.25, 0.3) is 0 Å². The first-order valence-electron chi connectivity index (χ1n) is 2.78. The molecule has 0 saturated heterocycles. The average molecular weight is 216 g/mol. The maximum absolute atomic E-state index is 7.00. The summed E-state index contributed by atoms with van der Waals surface area (Å²) in [6.45, 7) is 4.30. The van der Waals surface area contributed by atoms with Gasteiger partial charge in [-0.25, -0.2) is 0 Å². The maximum Gasteiger partial charge on any atom is 0.105 e. The molecule has 56 valence electrons. The summed E-state index contributed by atoms with van der Waals surface area (Å²) in [6, 6.07) is 0. The molecule has 0 spiro atoms. The monoisotopic (exact) mass is 214 g/mol. The van der Waals surface area contributed by atoms with Crippen molar-refractivity contribution in [1.82, 2.24) is 0 Å². The lowest BCUT2D eigenvalue weighted by atomic mass is 10.2. The smallest absolute Gasteiger partial charge is 0.105 e. The third-order valence-electron chi connectivity index (χ3n) is 1.53. The van der Waals surface area contributed by atoms with E-state index in [1.54, 1.807) is 0 Å². The molecule has 1 fully saturated rings. The topological polar surface area (TPSA) is 20.2 Å². The number of alkyl halides is 2. The second-order valence-electron chi connectivity index (χ2n) is 2.77. The van der Waals surface area contributed by atoms with Crippen molar-refractivity contribution in [3.8, 4) is 0 Å². The molecule has 1 aliphatic carbocycles. The molecule has 1 aliphatic rings. The Morgan fingerprint density at radius 2 is 1.56 bits per heavy atom. The van der Waals surface area contributed by atoms with Gasteiger partial charge in [-0.2, -0.15) is 0 Å². The van der Waals surface area contributed by atoms with E-state index in [1.807, 2.05) is 0 Å². The summed E-state index contributed by atoms with van der Waals surface area (Å²) in [5.41, 5.74) is 0.328. The SMILES string of the molecule is CC1(C)CC1(Cl)Br.CO. The van der Waals surface area contributed by atoms with Gasteiger partial charge >= 0.3 is 0 Å². The van der Waals surface area contributed by atoms with Gasteiger partial charge in [-0.3, -0.25) is 0 Å². The Hall–Kier alpha value is 0.730. The van der Waals surface area contributed by atoms with Crippen molar-refractivity contribution in [2.24, 2.45) is 5.41 Å². The molecule has 0 aromatic rings. The molecular formula is C6H12BrClO. The number of hydrogen-bond donors (Lipinski definition) is 1. The molecule has 9 heavy (non-hydrogen) atoms. The van der Waals surface area contributed by atoms with Gasteiger partial charge in [0.05, 0.1) is 0 Å². The van der Waals surface area contributed by atoms with Crippen LogP contribution in [-0.2, 0) is 0 Å². The Labute approximate surface area is 69.5 Å². The summed E-state index contributed by atoms with van der Waals surface area (Å²) in [4.78, 5) is 0. The van der Waals surface area contributed by atoms with Crippen molar-refractivity contribution in [2.45, 2.75) is 24.1 Å². The van der Waals surface area contributed by atoms with Crippen LogP contribution in [0.1, 0.15) is 20.3 Å². The molecular weight excluding hydrogens is 203 g/mol. The van der Waals surface area contributed by atoms with E-state index in [2.05, 4.69) is 29.8 Å². The van der Waals surface area contributed by atoms with Crippen LogP contribution in [0.25, 0.3) is 0 Å². The van der Waals surface area contributed by atoms with Crippen LogP contribution in [0, 0.1) is 5.41 Å². The molecule has 1 saturated carbocycles. The number of aliphatic hydroxyl groups excluding tert-OH is 1. The van der Waals surface area contributed by atoms with E-state index in [0.29, 0.717) is 5.41 Å². The predicted octanol–water partition coefficient (Wildman–Crippen LogP) is 2.35. The zero-order valence-corrected chi connectivity index (χ0v) is 8.25. The van der Waals surface area contributed by atoms with Crippen LogP contribution < -0.4 is 0 Å². The zero-order valence-electron chi connectivity index (χ0n) is 5.91. The van der Waals surface area contributed by atoms with Crippen molar-refractivity contribution in [2.75, 3.05) is 7.11 Å². The van der Waals surface area contributed by atoms with Crippen LogP contribution in [0.3, 0.4) is 0 Å². The van der Waals surface area contributed by atoms with E-state index >= 15 is 0 Å². The summed E-state index contributed by atoms with van der Waals surface area (Å²) in [5.74, 6) is 0. The fourth-order valence-corrected chi connectivity index (χ4v) is 1.55. The van der Waals surface area contributed by atoms with Gasteiger partial charge in [-0.15, -0.1) is 11.6 Å². The van der Waals surface area contributed by atoms with Crippen molar-refractivity contribution in [3.63, 3.8) is 0 Å². The quantitative estimate of drug-likeness (QED) is 0.615. The van der Waals surface area contributed by atoms with E-state index in [-0.39, 0.29) is 3.78 Å². The summed E-state index contributed by atoms with van der Waals surface area (Å²) in [5, 5.41) is 7.00. The molecule has 0 aromatic carbocycles. The minimum atomic E-state index is -0.0694. The van der Waals surface area contributed by atoms with Crippen molar-refractivity contribution >= 4 is 27.5 Å². The normalized spacial score (nSPS) is 36.7. The summed E-state index contributed by atoms with van der Waals surface area (Å²) >= 11 is 9.22. The van der Waals surface area contributed by atoms with E-state index in [1.165, 1.54) is 0 Å². The molecule has 0 bridgehead atoms. The summed E-state index contributed by atoms with van der Waals surface area (Å²) in [7, 11) is 1.00.